The molecule has 0 aliphatic carbocycles. The number of imidazole rings is 1. The molecule has 0 radical (unpaired) electrons. The molecule has 0 saturated heterocycles. The van der Waals surface area contributed by atoms with Gasteiger partial charge in [-0.1, -0.05) is 12.1 Å². The smallest absolute Gasteiger partial charge is 0.323 e. The molecule has 3 rings (SSSR count). The van der Waals surface area contributed by atoms with Gasteiger partial charge in [0.2, 0.25) is 5.78 Å². The monoisotopic (exact) mass is 258 g/mol. The van der Waals surface area contributed by atoms with E-state index in [0.717, 1.165) is 0 Å². The van der Waals surface area contributed by atoms with Gasteiger partial charge in [0.25, 0.3) is 5.56 Å². The Labute approximate surface area is 106 Å². The number of rotatable bonds is 2. The Kier molecular flexibility index (Phi) is 2.34. The lowest BCUT2D eigenvalue weighted by Gasteiger charge is -2.00. The van der Waals surface area contributed by atoms with Crippen LogP contribution in [0.5, 0.6) is 0 Å². The molecule has 0 unspecified atom stereocenters. The van der Waals surface area contributed by atoms with Crippen LogP contribution in [0.25, 0.3) is 16.8 Å². The standard InChI is InChI=1S/C12H10N4O3/c1-7-11(19)13-12-15(6-10(17)18)8-4-2-3-5-9(8)16(12)14-7/h2-5H,6H2,1H3,(H,17,18). The van der Waals surface area contributed by atoms with Gasteiger partial charge in [-0.3, -0.25) is 14.2 Å². The van der Waals surface area contributed by atoms with Gasteiger partial charge in [0.1, 0.15) is 12.2 Å². The first-order valence-corrected chi connectivity index (χ1v) is 5.64. The highest BCUT2D eigenvalue weighted by atomic mass is 16.4. The normalized spacial score (nSPS) is 11.2. The third kappa shape index (κ3) is 1.67. The maximum Gasteiger partial charge on any atom is 0.323 e. The fraction of sp³-hybridized carbons (Fsp3) is 0.167. The zero-order valence-electron chi connectivity index (χ0n) is 10.1. The predicted molar refractivity (Wildman–Crippen MR) is 67.1 cm³/mol. The van der Waals surface area contributed by atoms with Gasteiger partial charge < -0.3 is 5.11 Å². The zero-order chi connectivity index (χ0) is 13.6. The van der Waals surface area contributed by atoms with Crippen LogP contribution in [0, 0.1) is 6.92 Å². The lowest BCUT2D eigenvalue weighted by molar-refractivity contribution is -0.137. The molecular formula is C12H10N4O3. The molecule has 0 saturated carbocycles. The van der Waals surface area contributed by atoms with Crippen LogP contribution < -0.4 is 5.56 Å². The second-order valence-electron chi connectivity index (χ2n) is 4.18. The summed E-state index contributed by atoms with van der Waals surface area (Å²) in [6, 6.07) is 7.20. The Balaban J connectivity index is 2.51. The number of aryl methyl sites for hydroxylation is 1. The molecular weight excluding hydrogens is 248 g/mol. The van der Waals surface area contributed by atoms with Crippen LogP contribution in [0.2, 0.25) is 0 Å². The average Bonchev–Trinajstić information content (AvgIpc) is 2.65. The number of carbonyl (C=O) groups is 1. The van der Waals surface area contributed by atoms with Gasteiger partial charge in [0, 0.05) is 0 Å². The topological polar surface area (TPSA) is 89.5 Å². The first-order chi connectivity index (χ1) is 9.08. The number of aliphatic carboxylic acids is 1. The largest absolute Gasteiger partial charge is 0.480 e. The number of hydrogen-bond acceptors (Lipinski definition) is 4. The van der Waals surface area contributed by atoms with E-state index >= 15 is 0 Å². The molecule has 1 N–H and O–H groups in total. The number of carboxylic acids is 1. The van der Waals surface area contributed by atoms with E-state index in [1.54, 1.807) is 25.1 Å². The van der Waals surface area contributed by atoms with Crippen LogP contribution in [0.1, 0.15) is 5.69 Å². The maximum absolute atomic E-state index is 11.6. The summed E-state index contributed by atoms with van der Waals surface area (Å²) in [6.45, 7) is 1.30. The Morgan fingerprint density at radius 3 is 2.68 bits per heavy atom. The van der Waals surface area contributed by atoms with Gasteiger partial charge in [-0.05, 0) is 19.1 Å². The third-order valence-corrected chi connectivity index (χ3v) is 2.89. The van der Waals surface area contributed by atoms with Gasteiger partial charge in [-0.2, -0.15) is 14.6 Å². The van der Waals surface area contributed by atoms with Crippen LogP contribution in [0.15, 0.2) is 29.1 Å². The van der Waals surface area contributed by atoms with Crippen molar-refractivity contribution in [3.05, 3.63) is 40.3 Å². The molecule has 0 bridgehead atoms. The summed E-state index contributed by atoms with van der Waals surface area (Å²) in [5.74, 6) is -0.766. The molecule has 7 nitrogen and oxygen atoms in total. The second-order valence-corrected chi connectivity index (χ2v) is 4.18. The molecule has 2 heterocycles. The summed E-state index contributed by atoms with van der Waals surface area (Å²) in [5, 5.41) is 13.1. The van der Waals surface area contributed by atoms with Crippen LogP contribution in [-0.2, 0) is 11.3 Å². The molecule has 19 heavy (non-hydrogen) atoms. The van der Waals surface area contributed by atoms with Gasteiger partial charge >= 0.3 is 5.97 Å². The summed E-state index contributed by atoms with van der Waals surface area (Å²) in [5.41, 5.74) is 1.22. The van der Waals surface area contributed by atoms with Crippen LogP contribution in [-0.4, -0.2) is 30.2 Å². The van der Waals surface area contributed by atoms with Crippen molar-refractivity contribution in [1.82, 2.24) is 19.2 Å². The molecule has 1 aromatic carbocycles. The highest BCUT2D eigenvalue weighted by molar-refractivity contribution is 5.82. The van der Waals surface area contributed by atoms with Crippen LogP contribution in [0.4, 0.5) is 0 Å². The van der Waals surface area contributed by atoms with Crippen molar-refractivity contribution in [2.45, 2.75) is 13.5 Å². The number of nitrogens with zero attached hydrogens (tertiary/aromatic N) is 4. The number of hydrogen-bond donors (Lipinski definition) is 1. The summed E-state index contributed by atoms with van der Waals surface area (Å²) < 4.78 is 2.96. The minimum absolute atomic E-state index is 0.235. The van der Waals surface area contributed by atoms with E-state index in [4.69, 9.17) is 5.11 Å². The zero-order valence-corrected chi connectivity index (χ0v) is 10.1. The van der Waals surface area contributed by atoms with Crippen LogP contribution in [0.3, 0.4) is 0 Å². The summed E-state index contributed by atoms with van der Waals surface area (Å²) in [4.78, 5) is 26.5. The van der Waals surface area contributed by atoms with E-state index in [0.29, 0.717) is 11.0 Å². The van der Waals surface area contributed by atoms with E-state index in [9.17, 15) is 9.59 Å². The SMILES string of the molecule is Cc1nn2c3ccccc3n(CC(=O)O)c2nc1=O. The van der Waals surface area contributed by atoms with Crippen molar-refractivity contribution in [3.63, 3.8) is 0 Å². The Hall–Kier alpha value is -2.70. The Morgan fingerprint density at radius 2 is 2.00 bits per heavy atom. The quantitative estimate of drug-likeness (QED) is 0.720. The van der Waals surface area contributed by atoms with Gasteiger partial charge in [0.15, 0.2) is 0 Å². The summed E-state index contributed by atoms with van der Waals surface area (Å²) >= 11 is 0. The molecule has 96 valence electrons. The maximum atomic E-state index is 11.6. The molecule has 0 atom stereocenters. The highest BCUT2D eigenvalue weighted by Crippen LogP contribution is 2.17. The highest BCUT2D eigenvalue weighted by Gasteiger charge is 2.15. The molecule has 3 aromatic rings. The lowest BCUT2D eigenvalue weighted by Crippen LogP contribution is -2.18. The predicted octanol–water partition coefficient (Wildman–Crippen LogP) is 0.437. The molecule has 0 spiro atoms. The third-order valence-electron chi connectivity index (χ3n) is 2.89. The van der Waals surface area contributed by atoms with Gasteiger partial charge in [-0.25, -0.2) is 0 Å². The number of benzene rings is 1. The molecule has 0 fully saturated rings. The minimum atomic E-state index is -1.00. The van der Waals surface area contributed by atoms with Crippen molar-refractivity contribution in [2.24, 2.45) is 0 Å². The van der Waals surface area contributed by atoms with Gasteiger partial charge in [-0.15, -0.1) is 0 Å². The fourth-order valence-electron chi connectivity index (χ4n) is 2.06. The van der Waals surface area contributed by atoms with E-state index < -0.39 is 11.5 Å². The van der Waals surface area contributed by atoms with Crippen molar-refractivity contribution >= 4 is 22.8 Å². The van der Waals surface area contributed by atoms with Crippen molar-refractivity contribution in [3.8, 4) is 0 Å². The van der Waals surface area contributed by atoms with E-state index in [1.807, 2.05) is 6.07 Å². The Bertz CT molecular complexity index is 862. The van der Waals surface area contributed by atoms with Crippen LogP contribution >= 0.6 is 0 Å². The molecule has 7 heteroatoms. The van der Waals surface area contributed by atoms with E-state index in [-0.39, 0.29) is 18.0 Å². The number of carboxylic acid groups (broad SMARTS) is 1. The number of aromatic nitrogens is 4. The van der Waals surface area contributed by atoms with Crippen molar-refractivity contribution in [2.75, 3.05) is 0 Å². The number of para-hydroxylation sites is 2. The summed E-state index contributed by atoms with van der Waals surface area (Å²) in [7, 11) is 0. The lowest BCUT2D eigenvalue weighted by atomic mass is 10.3. The first kappa shape index (κ1) is 11.4. The molecule has 0 amide bonds. The second kappa shape index (κ2) is 3.91. The number of fused-ring (bicyclic) bond motifs is 3. The van der Waals surface area contributed by atoms with Gasteiger partial charge in [0.05, 0.1) is 11.0 Å². The summed E-state index contributed by atoms with van der Waals surface area (Å²) in [6.07, 6.45) is 0. The molecule has 0 aliphatic rings. The fourth-order valence-corrected chi connectivity index (χ4v) is 2.06. The van der Waals surface area contributed by atoms with Crippen molar-refractivity contribution < 1.29 is 9.90 Å². The molecule has 0 aliphatic heterocycles. The van der Waals surface area contributed by atoms with E-state index in [1.165, 1.54) is 9.08 Å². The Morgan fingerprint density at radius 1 is 1.32 bits per heavy atom. The van der Waals surface area contributed by atoms with E-state index in [2.05, 4.69) is 10.1 Å². The average molecular weight is 258 g/mol. The van der Waals surface area contributed by atoms with Crippen molar-refractivity contribution in [1.29, 1.82) is 0 Å². The first-order valence-electron chi connectivity index (χ1n) is 5.64. The molecule has 2 aromatic heterocycles. The minimum Gasteiger partial charge on any atom is -0.480 e.